The summed E-state index contributed by atoms with van der Waals surface area (Å²) < 4.78 is 5.05. The van der Waals surface area contributed by atoms with Gasteiger partial charge in [-0.05, 0) is 44.5 Å². The van der Waals surface area contributed by atoms with Crippen molar-refractivity contribution in [2.75, 3.05) is 7.11 Å². The zero-order chi connectivity index (χ0) is 26.5. The van der Waals surface area contributed by atoms with E-state index in [-0.39, 0.29) is 17.2 Å². The second kappa shape index (κ2) is 12.0. The molecule has 0 fully saturated rings. The molecule has 0 saturated heterocycles. The molecular weight excluding hydrogens is 531 g/mol. The Morgan fingerprint density at radius 3 is 0.973 bits per heavy atom. The number of phenolic OH excluding ortho intramolecular Hbond substituents is 3. The Morgan fingerprint density at radius 1 is 0.514 bits per heavy atom. The number of alkyl halides is 3. The molecule has 0 amide bonds. The summed E-state index contributed by atoms with van der Waals surface area (Å²) >= 11 is 14.4. The minimum absolute atomic E-state index is 0.200. The van der Waals surface area contributed by atoms with Crippen LogP contribution in [0.15, 0.2) is 72.8 Å². The molecule has 4 aromatic carbocycles. The highest BCUT2D eigenvalue weighted by Crippen LogP contribution is 2.37. The molecule has 1 aliphatic rings. The van der Waals surface area contributed by atoms with E-state index in [2.05, 4.69) is 0 Å². The first kappa shape index (κ1) is 27.0. The molecule has 37 heavy (non-hydrogen) atoms. The summed E-state index contributed by atoms with van der Waals surface area (Å²) in [7, 11) is 1.66. The van der Waals surface area contributed by atoms with Crippen LogP contribution < -0.4 is 4.74 Å². The molecular formula is C30H27Cl3O4. The van der Waals surface area contributed by atoms with Gasteiger partial charge in [0, 0.05) is 25.7 Å². The summed E-state index contributed by atoms with van der Waals surface area (Å²) in [5.74, 6) is 1.45. The first-order chi connectivity index (χ1) is 17.8. The minimum Gasteiger partial charge on any atom is -0.507 e. The smallest absolute Gasteiger partial charge is 0.180 e. The number of aromatic hydroxyl groups is 3. The molecule has 1 aliphatic carbocycles. The number of rotatable bonds is 1. The molecule has 0 atom stereocenters. The van der Waals surface area contributed by atoms with Gasteiger partial charge in [-0.2, -0.15) is 0 Å². The number of benzene rings is 4. The van der Waals surface area contributed by atoms with Gasteiger partial charge in [-0.3, -0.25) is 0 Å². The van der Waals surface area contributed by atoms with Crippen LogP contribution in [0.1, 0.15) is 44.5 Å². The van der Waals surface area contributed by atoms with Crippen molar-refractivity contribution in [2.24, 2.45) is 0 Å². The molecule has 0 spiro atoms. The number of phenols is 3. The lowest BCUT2D eigenvalue weighted by Gasteiger charge is -2.18. The monoisotopic (exact) mass is 556 g/mol. The van der Waals surface area contributed by atoms with E-state index in [1.165, 1.54) is 0 Å². The van der Waals surface area contributed by atoms with Gasteiger partial charge in [-0.1, -0.05) is 108 Å². The van der Waals surface area contributed by atoms with Gasteiger partial charge >= 0.3 is 0 Å². The number of methoxy groups -OCH3 is 1. The zero-order valence-corrected chi connectivity index (χ0v) is 22.5. The van der Waals surface area contributed by atoms with Crippen LogP contribution in [-0.4, -0.2) is 26.7 Å². The Kier molecular flexibility index (Phi) is 8.75. The van der Waals surface area contributed by atoms with E-state index in [1.54, 1.807) is 7.11 Å². The Hall–Kier alpha value is -3.05. The van der Waals surface area contributed by atoms with Gasteiger partial charge in [-0.15, -0.1) is 0 Å². The lowest BCUT2D eigenvalue weighted by Crippen LogP contribution is -2.02. The fraction of sp³-hybridized carbons (Fsp3) is 0.200. The van der Waals surface area contributed by atoms with E-state index >= 15 is 0 Å². The van der Waals surface area contributed by atoms with E-state index in [4.69, 9.17) is 39.5 Å². The van der Waals surface area contributed by atoms with E-state index in [0.29, 0.717) is 25.7 Å². The SMILES string of the molecule is COc1c2cccc1Cc1cccc(c1O)Cc1cccc(c1O)Cc1cccc(c1O)C2.ClC(Cl)Cl. The van der Waals surface area contributed by atoms with Crippen LogP contribution in [0.4, 0.5) is 0 Å². The van der Waals surface area contributed by atoms with Crippen LogP contribution in [-0.2, 0) is 25.7 Å². The van der Waals surface area contributed by atoms with Crippen molar-refractivity contribution in [3.8, 4) is 23.0 Å². The number of ether oxygens (including phenoxy) is 1. The third-order valence-corrected chi connectivity index (χ3v) is 6.52. The van der Waals surface area contributed by atoms with Crippen molar-refractivity contribution < 1.29 is 20.1 Å². The largest absolute Gasteiger partial charge is 0.507 e. The predicted octanol–water partition coefficient (Wildman–Crippen LogP) is 7.48. The molecule has 0 unspecified atom stereocenters. The highest BCUT2D eigenvalue weighted by molar-refractivity contribution is 6.63. The average molecular weight is 558 g/mol. The highest BCUT2D eigenvalue weighted by atomic mass is 35.6. The maximum Gasteiger partial charge on any atom is 0.180 e. The summed E-state index contributed by atoms with van der Waals surface area (Å²) in [6, 6.07) is 23.1. The van der Waals surface area contributed by atoms with E-state index in [0.717, 1.165) is 50.3 Å². The van der Waals surface area contributed by atoms with Crippen molar-refractivity contribution >= 4 is 34.8 Å². The van der Waals surface area contributed by atoms with Crippen LogP contribution >= 0.6 is 34.8 Å². The van der Waals surface area contributed by atoms with Crippen LogP contribution in [0.5, 0.6) is 23.0 Å². The fourth-order valence-corrected chi connectivity index (χ4v) is 4.79. The predicted molar refractivity (Wildman–Crippen MR) is 150 cm³/mol. The maximum absolute atomic E-state index is 11.1. The molecule has 5 rings (SSSR count). The van der Waals surface area contributed by atoms with Crippen molar-refractivity contribution in [1.82, 2.24) is 0 Å². The molecule has 8 bridgehead atoms. The molecule has 0 aliphatic heterocycles. The summed E-state index contributed by atoms with van der Waals surface area (Å²) in [5, 5.41) is 33.1. The fourth-order valence-electron chi connectivity index (χ4n) is 4.79. The van der Waals surface area contributed by atoms with E-state index < -0.39 is 4.30 Å². The summed E-state index contributed by atoms with van der Waals surface area (Å²) in [5.41, 5.74) is 6.53. The van der Waals surface area contributed by atoms with Gasteiger partial charge in [0.2, 0.25) is 0 Å². The Bertz CT molecular complexity index is 1310. The summed E-state index contributed by atoms with van der Waals surface area (Å²) in [6.45, 7) is 0. The van der Waals surface area contributed by atoms with Crippen molar-refractivity contribution in [1.29, 1.82) is 0 Å². The second-order valence-electron chi connectivity index (χ2n) is 8.84. The zero-order valence-electron chi connectivity index (χ0n) is 20.2. The Labute approximate surface area is 231 Å². The lowest BCUT2D eigenvalue weighted by atomic mass is 9.91. The number of hydrogen-bond donors (Lipinski definition) is 3. The maximum atomic E-state index is 11.1. The average Bonchev–Trinajstić information content (AvgIpc) is 2.85. The van der Waals surface area contributed by atoms with Crippen molar-refractivity contribution in [3.05, 3.63) is 117 Å². The third-order valence-electron chi connectivity index (χ3n) is 6.52. The summed E-state index contributed by atoms with van der Waals surface area (Å²) in [4.78, 5) is 0. The molecule has 4 nitrogen and oxygen atoms in total. The molecule has 192 valence electrons. The first-order valence-electron chi connectivity index (χ1n) is 11.7. The molecule has 0 radical (unpaired) electrons. The van der Waals surface area contributed by atoms with E-state index in [1.807, 2.05) is 72.8 Å². The normalized spacial score (nSPS) is 12.5. The van der Waals surface area contributed by atoms with E-state index in [9.17, 15) is 15.3 Å². The van der Waals surface area contributed by atoms with Crippen LogP contribution in [0, 0.1) is 0 Å². The van der Waals surface area contributed by atoms with Gasteiger partial charge in [0.15, 0.2) is 4.30 Å². The number of fused-ring (bicyclic) bond motifs is 8. The topological polar surface area (TPSA) is 69.9 Å². The van der Waals surface area contributed by atoms with Crippen molar-refractivity contribution in [2.45, 2.75) is 30.0 Å². The number of halogens is 3. The van der Waals surface area contributed by atoms with Gasteiger partial charge in [0.05, 0.1) is 7.11 Å². The molecule has 7 heteroatoms. The number of para-hydroxylation sites is 4. The second-order valence-corrected chi connectivity index (χ2v) is 10.8. The van der Waals surface area contributed by atoms with Crippen LogP contribution in [0.3, 0.4) is 0 Å². The molecule has 0 aromatic heterocycles. The molecule has 0 saturated carbocycles. The third kappa shape index (κ3) is 6.27. The first-order valence-corrected chi connectivity index (χ1v) is 13.1. The minimum atomic E-state index is -0.750. The van der Waals surface area contributed by atoms with Gasteiger partial charge in [0.25, 0.3) is 0 Å². The van der Waals surface area contributed by atoms with Gasteiger partial charge in [0.1, 0.15) is 23.0 Å². The molecule has 4 aromatic rings. The Balaban J connectivity index is 0.000000747. The molecule has 3 N–H and O–H groups in total. The highest BCUT2D eigenvalue weighted by Gasteiger charge is 2.18. The van der Waals surface area contributed by atoms with Crippen LogP contribution in [0.25, 0.3) is 0 Å². The van der Waals surface area contributed by atoms with Gasteiger partial charge < -0.3 is 20.1 Å². The lowest BCUT2D eigenvalue weighted by molar-refractivity contribution is 0.405. The van der Waals surface area contributed by atoms with Gasteiger partial charge in [-0.25, -0.2) is 0 Å². The Morgan fingerprint density at radius 2 is 0.730 bits per heavy atom. The molecule has 0 heterocycles. The van der Waals surface area contributed by atoms with Crippen LogP contribution in [0.2, 0.25) is 0 Å². The number of hydrogen-bond acceptors (Lipinski definition) is 4. The van der Waals surface area contributed by atoms with Crippen molar-refractivity contribution in [3.63, 3.8) is 0 Å². The quantitative estimate of drug-likeness (QED) is 0.187. The standard InChI is InChI=1S/C29H26O4.CHCl3/c1-33-29-24-12-5-13-25(29)17-23-11-4-9-21(28(23)32)15-19-7-2-6-18(26(19)30)14-20-8-3-10-22(16-24)27(20)31;2-1(3)4/h2-13,30-32H,14-17H2,1H3;1H. The summed E-state index contributed by atoms with van der Waals surface area (Å²) in [6.07, 6.45) is 1.83.